The SMILES string of the molecule is CC(C)OC(=O)CN(N=O)c1cccc(CN(Cc2ccc(-n3cccn3)cc2)S(=O)(=O)c2cccnc2)n1. The number of rotatable bonds is 12. The van der Waals surface area contributed by atoms with Gasteiger partial charge in [-0.15, -0.1) is 4.91 Å². The zero-order valence-corrected chi connectivity index (χ0v) is 22.2. The van der Waals surface area contributed by atoms with Gasteiger partial charge in [0, 0.05) is 31.3 Å². The molecule has 12 nitrogen and oxygen atoms in total. The van der Waals surface area contributed by atoms with Crippen molar-refractivity contribution in [2.24, 2.45) is 5.29 Å². The minimum absolute atomic E-state index is 0.0296. The Balaban J connectivity index is 1.61. The van der Waals surface area contributed by atoms with Crippen molar-refractivity contribution in [2.45, 2.75) is 37.9 Å². The Kier molecular flexibility index (Phi) is 8.74. The molecule has 202 valence electrons. The molecule has 0 unspecified atom stereocenters. The third-order valence-corrected chi connectivity index (χ3v) is 7.25. The minimum Gasteiger partial charge on any atom is -0.462 e. The molecule has 4 rings (SSSR count). The summed E-state index contributed by atoms with van der Waals surface area (Å²) in [5.41, 5.74) is 1.92. The van der Waals surface area contributed by atoms with E-state index in [-0.39, 0.29) is 29.9 Å². The molecule has 0 bridgehead atoms. The second-order valence-electron chi connectivity index (χ2n) is 8.74. The lowest BCUT2D eigenvalue weighted by molar-refractivity contribution is -0.145. The van der Waals surface area contributed by atoms with E-state index >= 15 is 0 Å². The predicted octanol–water partition coefficient (Wildman–Crippen LogP) is 3.49. The summed E-state index contributed by atoms with van der Waals surface area (Å²) in [6.07, 6.45) is 5.91. The molecule has 39 heavy (non-hydrogen) atoms. The van der Waals surface area contributed by atoms with Gasteiger partial charge in [0.25, 0.3) is 0 Å². The van der Waals surface area contributed by atoms with Crippen LogP contribution in [0.25, 0.3) is 5.69 Å². The number of pyridine rings is 2. The second kappa shape index (κ2) is 12.4. The van der Waals surface area contributed by atoms with Crippen LogP contribution in [0.15, 0.2) is 95.6 Å². The largest absolute Gasteiger partial charge is 0.462 e. The predicted molar refractivity (Wildman–Crippen MR) is 143 cm³/mol. The van der Waals surface area contributed by atoms with Gasteiger partial charge in [0.15, 0.2) is 5.82 Å². The van der Waals surface area contributed by atoms with Crippen LogP contribution in [0, 0.1) is 4.91 Å². The van der Waals surface area contributed by atoms with Crippen LogP contribution in [-0.2, 0) is 32.6 Å². The molecule has 0 N–H and O–H groups in total. The molecule has 0 spiro atoms. The van der Waals surface area contributed by atoms with Crippen LogP contribution >= 0.6 is 0 Å². The average molecular weight is 550 g/mol. The van der Waals surface area contributed by atoms with Crippen molar-refractivity contribution in [3.63, 3.8) is 0 Å². The van der Waals surface area contributed by atoms with Gasteiger partial charge in [-0.1, -0.05) is 18.2 Å². The number of carbonyl (C=O) groups is 1. The Bertz CT molecular complexity index is 1500. The highest BCUT2D eigenvalue weighted by atomic mass is 32.2. The normalized spacial score (nSPS) is 11.5. The van der Waals surface area contributed by atoms with Crippen molar-refractivity contribution in [1.29, 1.82) is 0 Å². The first-order valence-electron chi connectivity index (χ1n) is 12.0. The number of benzene rings is 1. The number of aromatic nitrogens is 4. The fraction of sp³-hybridized carbons (Fsp3) is 0.231. The molecule has 0 atom stereocenters. The molecule has 3 aromatic heterocycles. The summed E-state index contributed by atoms with van der Waals surface area (Å²) in [6.45, 7) is 2.88. The fourth-order valence-corrected chi connectivity index (χ4v) is 5.07. The summed E-state index contributed by atoms with van der Waals surface area (Å²) in [5.74, 6) is -0.554. The van der Waals surface area contributed by atoms with Crippen molar-refractivity contribution < 1.29 is 17.9 Å². The third kappa shape index (κ3) is 7.09. The Morgan fingerprint density at radius 2 is 1.82 bits per heavy atom. The van der Waals surface area contributed by atoms with Gasteiger partial charge in [0.1, 0.15) is 11.4 Å². The maximum atomic E-state index is 13.6. The number of ether oxygens (including phenoxy) is 1. The maximum Gasteiger partial charge on any atom is 0.328 e. The Hall–Kier alpha value is -4.49. The summed E-state index contributed by atoms with van der Waals surface area (Å²) in [7, 11) is -3.98. The number of sulfonamides is 1. The van der Waals surface area contributed by atoms with Crippen molar-refractivity contribution >= 4 is 21.8 Å². The number of hydrogen-bond donors (Lipinski definition) is 0. The van der Waals surface area contributed by atoms with Crippen molar-refractivity contribution in [3.05, 3.63) is 102 Å². The zero-order valence-electron chi connectivity index (χ0n) is 21.4. The lowest BCUT2D eigenvalue weighted by atomic mass is 10.2. The monoisotopic (exact) mass is 549 g/mol. The number of carbonyl (C=O) groups excluding carboxylic acids is 1. The molecule has 0 amide bonds. The van der Waals surface area contributed by atoms with Crippen LogP contribution in [0.1, 0.15) is 25.1 Å². The van der Waals surface area contributed by atoms with Gasteiger partial charge in [-0.25, -0.2) is 23.1 Å². The van der Waals surface area contributed by atoms with E-state index in [0.29, 0.717) is 5.69 Å². The Morgan fingerprint density at radius 3 is 2.46 bits per heavy atom. The van der Waals surface area contributed by atoms with E-state index in [9.17, 15) is 18.1 Å². The van der Waals surface area contributed by atoms with Gasteiger partial charge >= 0.3 is 5.97 Å². The van der Waals surface area contributed by atoms with Gasteiger partial charge < -0.3 is 4.74 Å². The topological polar surface area (TPSA) is 140 Å². The highest BCUT2D eigenvalue weighted by Crippen LogP contribution is 2.22. The van der Waals surface area contributed by atoms with E-state index in [1.54, 1.807) is 42.9 Å². The van der Waals surface area contributed by atoms with E-state index in [2.05, 4.69) is 20.4 Å². The molecule has 0 fully saturated rings. The quantitative estimate of drug-likeness (QED) is 0.147. The molecule has 0 aliphatic carbocycles. The summed E-state index contributed by atoms with van der Waals surface area (Å²) >= 11 is 0. The van der Waals surface area contributed by atoms with E-state index in [4.69, 9.17) is 4.74 Å². The first-order chi connectivity index (χ1) is 18.8. The van der Waals surface area contributed by atoms with Gasteiger partial charge in [-0.05, 0) is 61.9 Å². The number of nitrogens with zero attached hydrogens (tertiary/aromatic N) is 7. The Labute approximate surface area is 225 Å². The second-order valence-corrected chi connectivity index (χ2v) is 10.7. The first-order valence-corrected chi connectivity index (χ1v) is 13.5. The highest BCUT2D eigenvalue weighted by molar-refractivity contribution is 7.89. The van der Waals surface area contributed by atoms with E-state index < -0.39 is 22.5 Å². The third-order valence-electron chi connectivity index (χ3n) is 5.48. The fourth-order valence-electron chi connectivity index (χ4n) is 3.71. The molecule has 1 aromatic carbocycles. The van der Waals surface area contributed by atoms with Crippen LogP contribution in [0.3, 0.4) is 0 Å². The molecule has 0 radical (unpaired) electrons. The number of hydrogen-bond acceptors (Lipinski definition) is 9. The standard InChI is InChI=1S/C26H27N7O5S/c1-20(2)38-26(34)19-33(30-35)25-8-3-6-22(29-25)18-31(39(36,37)24-7-4-13-27-16-24)17-21-9-11-23(12-10-21)32-15-5-14-28-32/h3-16,20H,17-19H2,1-2H3. The van der Waals surface area contributed by atoms with Crippen LogP contribution in [0.2, 0.25) is 0 Å². The maximum absolute atomic E-state index is 13.6. The molecular weight excluding hydrogens is 522 g/mol. The van der Waals surface area contributed by atoms with Crippen molar-refractivity contribution in [1.82, 2.24) is 24.1 Å². The molecule has 0 saturated carbocycles. The van der Waals surface area contributed by atoms with Gasteiger partial charge in [0.2, 0.25) is 10.0 Å². The van der Waals surface area contributed by atoms with Crippen LogP contribution in [-0.4, -0.2) is 51.1 Å². The molecule has 3 heterocycles. The lowest BCUT2D eigenvalue weighted by Crippen LogP contribution is -2.31. The molecule has 0 aliphatic heterocycles. The molecule has 0 aliphatic rings. The summed E-state index contributed by atoms with van der Waals surface area (Å²) in [5, 5.41) is 7.96. The van der Waals surface area contributed by atoms with E-state index in [0.717, 1.165) is 16.3 Å². The number of anilines is 1. The Morgan fingerprint density at radius 1 is 1.03 bits per heavy atom. The number of esters is 1. The summed E-state index contributed by atoms with van der Waals surface area (Å²) in [6, 6.07) is 16.9. The van der Waals surface area contributed by atoms with E-state index in [1.807, 2.05) is 36.5 Å². The number of nitroso groups, excluding NO2 is 1. The van der Waals surface area contributed by atoms with E-state index in [1.165, 1.54) is 28.8 Å². The summed E-state index contributed by atoms with van der Waals surface area (Å²) in [4.78, 5) is 31.9. The van der Waals surface area contributed by atoms with Gasteiger partial charge in [-0.2, -0.15) is 9.40 Å². The zero-order chi connectivity index (χ0) is 27.8. The first kappa shape index (κ1) is 27.5. The van der Waals surface area contributed by atoms with Crippen molar-refractivity contribution in [3.8, 4) is 5.69 Å². The van der Waals surface area contributed by atoms with Crippen molar-refractivity contribution in [2.75, 3.05) is 11.6 Å². The average Bonchev–Trinajstić information content (AvgIpc) is 3.47. The lowest BCUT2D eigenvalue weighted by Gasteiger charge is -2.23. The smallest absolute Gasteiger partial charge is 0.328 e. The van der Waals surface area contributed by atoms with Crippen LogP contribution in [0.4, 0.5) is 5.82 Å². The molecule has 4 aromatic rings. The highest BCUT2D eigenvalue weighted by Gasteiger charge is 2.26. The minimum atomic E-state index is -3.98. The van der Waals surface area contributed by atoms with Gasteiger partial charge in [0.05, 0.1) is 29.3 Å². The molecule has 13 heteroatoms. The molecule has 0 saturated heterocycles. The summed E-state index contributed by atoms with van der Waals surface area (Å²) < 4.78 is 35.3. The van der Waals surface area contributed by atoms with Gasteiger partial charge in [-0.3, -0.25) is 9.78 Å². The molecular formula is C26H27N7O5S. The van der Waals surface area contributed by atoms with Crippen LogP contribution < -0.4 is 5.01 Å². The van der Waals surface area contributed by atoms with Crippen LogP contribution in [0.5, 0.6) is 0 Å².